The fraction of sp³-hybridized carbons (Fsp3) is 0.318. The lowest BCUT2D eigenvalue weighted by molar-refractivity contribution is -0.167. The summed E-state index contributed by atoms with van der Waals surface area (Å²) in [7, 11) is 0. The van der Waals surface area contributed by atoms with Crippen LogP contribution >= 0.6 is 0 Å². The minimum Gasteiger partial charge on any atom is -0.463 e. The smallest absolute Gasteiger partial charge is 0.454 e. The highest BCUT2D eigenvalue weighted by molar-refractivity contribution is 6.06. The van der Waals surface area contributed by atoms with Crippen molar-refractivity contribution in [2.45, 2.75) is 39.8 Å². The molecule has 1 aliphatic rings. The number of fused-ring (bicyclic) bond motifs is 1. The number of ether oxygens (including phenoxy) is 1. The number of benzene rings is 1. The molecular formula is C22H20F3NO5. The quantitative estimate of drug-likeness (QED) is 0.730. The molecule has 0 amide bonds. The summed E-state index contributed by atoms with van der Waals surface area (Å²) in [6.45, 7) is 5.89. The maximum atomic E-state index is 13.5. The zero-order valence-corrected chi connectivity index (χ0v) is 17.3. The van der Waals surface area contributed by atoms with E-state index in [1.54, 1.807) is 6.92 Å². The van der Waals surface area contributed by atoms with Gasteiger partial charge in [0, 0.05) is 28.6 Å². The van der Waals surface area contributed by atoms with E-state index in [2.05, 4.69) is 5.32 Å². The first-order valence-corrected chi connectivity index (χ1v) is 9.47. The summed E-state index contributed by atoms with van der Waals surface area (Å²) in [6, 6.07) is 5.62. The lowest BCUT2D eigenvalue weighted by atomic mass is 9.78. The molecule has 1 aromatic heterocycles. The monoisotopic (exact) mass is 435 g/mol. The summed E-state index contributed by atoms with van der Waals surface area (Å²) in [5, 5.41) is 2.81. The van der Waals surface area contributed by atoms with E-state index >= 15 is 0 Å². The molecular weight excluding hydrogens is 415 g/mol. The van der Waals surface area contributed by atoms with Crippen molar-refractivity contribution < 1.29 is 31.9 Å². The fourth-order valence-corrected chi connectivity index (χ4v) is 3.78. The van der Waals surface area contributed by atoms with Gasteiger partial charge in [-0.3, -0.25) is 9.59 Å². The van der Waals surface area contributed by atoms with E-state index in [0.717, 1.165) is 0 Å². The first kappa shape index (κ1) is 22.3. The van der Waals surface area contributed by atoms with Gasteiger partial charge in [-0.2, -0.15) is 13.2 Å². The number of para-hydroxylation sites is 1. The van der Waals surface area contributed by atoms with Gasteiger partial charge in [-0.25, -0.2) is 4.79 Å². The number of carbonyl (C=O) groups is 2. The van der Waals surface area contributed by atoms with Crippen molar-refractivity contribution in [1.29, 1.82) is 0 Å². The normalized spacial score (nSPS) is 17.1. The van der Waals surface area contributed by atoms with E-state index < -0.39 is 34.8 Å². The van der Waals surface area contributed by atoms with E-state index in [-0.39, 0.29) is 45.9 Å². The zero-order chi connectivity index (χ0) is 23.1. The van der Waals surface area contributed by atoms with E-state index in [9.17, 15) is 27.6 Å². The predicted molar refractivity (Wildman–Crippen MR) is 106 cm³/mol. The summed E-state index contributed by atoms with van der Waals surface area (Å²) in [5.74, 6) is -4.17. The highest BCUT2D eigenvalue weighted by atomic mass is 19.4. The Hall–Kier alpha value is -3.36. The number of aryl methyl sites for hydroxylation is 1. The minimum absolute atomic E-state index is 0.00859. The summed E-state index contributed by atoms with van der Waals surface area (Å²) in [5.41, 5.74) is -0.910. The van der Waals surface area contributed by atoms with Gasteiger partial charge in [0.25, 0.3) is 5.78 Å². The van der Waals surface area contributed by atoms with Crippen LogP contribution in [0.1, 0.15) is 38.0 Å². The van der Waals surface area contributed by atoms with Crippen molar-refractivity contribution in [3.8, 4) is 0 Å². The predicted octanol–water partition coefficient (Wildman–Crippen LogP) is 4.03. The van der Waals surface area contributed by atoms with Crippen molar-refractivity contribution in [2.24, 2.45) is 0 Å². The molecule has 2 heterocycles. The van der Waals surface area contributed by atoms with Crippen LogP contribution in [0.3, 0.4) is 0 Å². The number of Topliss-reactive ketones (excluding diaryl/α,β-unsaturated/α-hetero) is 1. The molecule has 1 N–H and O–H groups in total. The molecule has 9 heteroatoms. The number of hydrogen-bond acceptors (Lipinski definition) is 6. The van der Waals surface area contributed by atoms with Crippen LogP contribution in [-0.4, -0.2) is 24.5 Å². The van der Waals surface area contributed by atoms with Gasteiger partial charge in [0.1, 0.15) is 11.3 Å². The van der Waals surface area contributed by atoms with Crippen LogP contribution in [0.5, 0.6) is 0 Å². The van der Waals surface area contributed by atoms with E-state index in [4.69, 9.17) is 9.15 Å². The van der Waals surface area contributed by atoms with Gasteiger partial charge in [0.2, 0.25) is 0 Å². The third kappa shape index (κ3) is 3.99. The average Bonchev–Trinajstić information content (AvgIpc) is 2.66. The van der Waals surface area contributed by atoms with Crippen LogP contribution in [0.15, 0.2) is 56.0 Å². The Bertz CT molecular complexity index is 1200. The van der Waals surface area contributed by atoms with Gasteiger partial charge in [-0.15, -0.1) is 0 Å². The molecule has 0 fully saturated rings. The van der Waals surface area contributed by atoms with Gasteiger partial charge >= 0.3 is 12.1 Å². The van der Waals surface area contributed by atoms with Crippen molar-refractivity contribution >= 4 is 22.7 Å². The zero-order valence-electron chi connectivity index (χ0n) is 17.3. The second kappa shape index (κ2) is 8.05. The number of carbonyl (C=O) groups excluding carboxylic acids is 2. The molecule has 0 radical (unpaired) electrons. The van der Waals surface area contributed by atoms with Crippen molar-refractivity contribution in [3.05, 3.63) is 68.4 Å². The average molecular weight is 435 g/mol. The molecule has 0 spiro atoms. The summed E-state index contributed by atoms with van der Waals surface area (Å²) >= 11 is 0. The number of rotatable bonds is 4. The number of alkyl halides is 3. The molecule has 164 valence electrons. The molecule has 6 nitrogen and oxygen atoms in total. The fourth-order valence-electron chi connectivity index (χ4n) is 3.78. The molecule has 0 saturated heterocycles. The molecule has 0 bridgehead atoms. The molecule has 2 aromatic rings. The molecule has 1 unspecified atom stereocenters. The molecule has 0 aliphatic carbocycles. The second-order valence-electron chi connectivity index (χ2n) is 7.13. The van der Waals surface area contributed by atoms with Crippen molar-refractivity contribution in [3.63, 3.8) is 0 Å². The Morgan fingerprint density at radius 2 is 1.77 bits per heavy atom. The SMILES string of the molecule is CCOC(=O)C1=C(C)NC(C)=C(C(=O)C(F)(F)F)C1c1cccc2c(=O)cc(C)oc12. The topological polar surface area (TPSA) is 85.6 Å². The third-order valence-electron chi connectivity index (χ3n) is 4.98. The standard InChI is InChI=1S/C22H20F3NO5/c1-5-30-21(29)17-12(4)26-11(3)16(20(28)22(23,24)25)18(17)14-8-6-7-13-15(27)9-10(2)31-19(13)14/h6-9,18,26H,5H2,1-4H3. The van der Waals surface area contributed by atoms with E-state index in [0.29, 0.717) is 0 Å². The number of dihydropyridines is 1. The molecule has 1 aromatic carbocycles. The minimum atomic E-state index is -5.18. The van der Waals surface area contributed by atoms with Gasteiger partial charge in [0.05, 0.1) is 23.5 Å². The molecule has 1 aliphatic heterocycles. The Labute approximate surface area is 175 Å². The van der Waals surface area contributed by atoms with Gasteiger partial charge in [0.15, 0.2) is 5.43 Å². The number of nitrogens with one attached hydrogen (secondary N) is 1. The Balaban J connectivity index is 2.40. The van der Waals surface area contributed by atoms with Crippen LogP contribution in [0.25, 0.3) is 11.0 Å². The summed E-state index contributed by atoms with van der Waals surface area (Å²) < 4.78 is 51.2. The number of hydrogen-bond donors (Lipinski definition) is 1. The summed E-state index contributed by atoms with van der Waals surface area (Å²) in [6.07, 6.45) is -5.18. The number of ketones is 1. The highest BCUT2D eigenvalue weighted by Crippen LogP contribution is 2.43. The largest absolute Gasteiger partial charge is 0.463 e. The summed E-state index contributed by atoms with van der Waals surface area (Å²) in [4.78, 5) is 37.6. The first-order valence-electron chi connectivity index (χ1n) is 9.47. The van der Waals surface area contributed by atoms with Crippen LogP contribution < -0.4 is 10.7 Å². The maximum absolute atomic E-state index is 13.5. The highest BCUT2D eigenvalue weighted by Gasteiger charge is 2.48. The Morgan fingerprint density at radius 3 is 2.39 bits per heavy atom. The van der Waals surface area contributed by atoms with Crippen molar-refractivity contribution in [2.75, 3.05) is 6.61 Å². The van der Waals surface area contributed by atoms with Crippen LogP contribution in [0.2, 0.25) is 0 Å². The number of allylic oxidation sites excluding steroid dienone is 3. The van der Waals surface area contributed by atoms with E-state index in [1.807, 2.05) is 0 Å². The maximum Gasteiger partial charge on any atom is 0.454 e. The Kier molecular flexibility index (Phi) is 5.80. The third-order valence-corrected chi connectivity index (χ3v) is 4.98. The van der Waals surface area contributed by atoms with Crippen LogP contribution in [0, 0.1) is 6.92 Å². The second-order valence-corrected chi connectivity index (χ2v) is 7.13. The van der Waals surface area contributed by atoms with Crippen LogP contribution in [0.4, 0.5) is 13.2 Å². The number of esters is 1. The van der Waals surface area contributed by atoms with Gasteiger partial charge < -0.3 is 14.5 Å². The molecule has 3 rings (SSSR count). The molecule has 0 saturated carbocycles. The lowest BCUT2D eigenvalue weighted by Gasteiger charge is -2.31. The van der Waals surface area contributed by atoms with Gasteiger partial charge in [-0.05, 0) is 33.8 Å². The first-order chi connectivity index (χ1) is 14.5. The Morgan fingerprint density at radius 1 is 1.13 bits per heavy atom. The number of halogens is 3. The molecule has 31 heavy (non-hydrogen) atoms. The molecule has 1 atom stereocenters. The lowest BCUT2D eigenvalue weighted by Crippen LogP contribution is -2.36. The van der Waals surface area contributed by atoms with Crippen LogP contribution in [-0.2, 0) is 14.3 Å². The van der Waals surface area contributed by atoms with E-state index in [1.165, 1.54) is 45.0 Å². The van der Waals surface area contributed by atoms with Gasteiger partial charge in [-0.1, -0.05) is 12.1 Å². The van der Waals surface area contributed by atoms with Crippen molar-refractivity contribution in [1.82, 2.24) is 5.32 Å².